The van der Waals surface area contributed by atoms with Gasteiger partial charge in [0.2, 0.25) is 0 Å². The number of carbonyl (C=O) groups is 2. The highest BCUT2D eigenvalue weighted by Crippen LogP contribution is 2.48. The van der Waals surface area contributed by atoms with Gasteiger partial charge in [0, 0.05) is 11.2 Å². The number of nitrogens with zero attached hydrogens (tertiary/aromatic N) is 4. The van der Waals surface area contributed by atoms with Crippen molar-refractivity contribution in [1.82, 2.24) is 10.3 Å². The van der Waals surface area contributed by atoms with Crippen LogP contribution < -0.4 is 15.1 Å². The molecule has 170 valence electrons. The van der Waals surface area contributed by atoms with Gasteiger partial charge >= 0.3 is 0 Å². The largest absolute Gasteiger partial charge is 0.360 e. The van der Waals surface area contributed by atoms with E-state index in [1.54, 1.807) is 24.0 Å². The van der Waals surface area contributed by atoms with Gasteiger partial charge in [0.15, 0.2) is 5.11 Å². The van der Waals surface area contributed by atoms with Gasteiger partial charge < -0.3 is 15.1 Å². The summed E-state index contributed by atoms with van der Waals surface area (Å²) in [6.45, 7) is 14.4. The Morgan fingerprint density at radius 2 is 1.97 bits per heavy atom. The topological polar surface area (TPSA) is 69.9 Å². The van der Waals surface area contributed by atoms with Gasteiger partial charge in [0.05, 0.1) is 11.3 Å². The van der Waals surface area contributed by atoms with Crippen molar-refractivity contribution in [3.8, 4) is 0 Å². The molecule has 2 aromatic rings. The highest BCUT2D eigenvalue weighted by atomic mass is 32.1. The summed E-state index contributed by atoms with van der Waals surface area (Å²) in [6, 6.07) is 6.01. The summed E-state index contributed by atoms with van der Waals surface area (Å²) >= 11 is 5.70. The van der Waals surface area contributed by atoms with Crippen LogP contribution in [0.15, 0.2) is 30.5 Å². The molecule has 1 aliphatic heterocycles. The molecule has 1 aliphatic carbocycles. The molecule has 1 aromatic heterocycles. The lowest BCUT2D eigenvalue weighted by Crippen LogP contribution is -2.55. The fraction of sp³-hybridized carbons (Fsp3) is 0.375. The summed E-state index contributed by atoms with van der Waals surface area (Å²) in [7, 11) is 0. The Bertz CT molecular complexity index is 1230. The lowest BCUT2D eigenvalue weighted by molar-refractivity contribution is -0.123. The Kier molecular flexibility index (Phi) is 5.45. The molecule has 0 bridgehead atoms. The van der Waals surface area contributed by atoms with Crippen LogP contribution in [-0.4, -0.2) is 33.0 Å². The number of aromatic nitrogens is 1. The van der Waals surface area contributed by atoms with Gasteiger partial charge in [-0.1, -0.05) is 6.57 Å². The molecule has 2 aliphatic rings. The van der Waals surface area contributed by atoms with Crippen LogP contribution in [0.5, 0.6) is 0 Å². The van der Waals surface area contributed by atoms with E-state index in [0.29, 0.717) is 29.8 Å². The maximum Gasteiger partial charge on any atom is 0.272 e. The molecule has 0 radical (unpaired) electrons. The van der Waals surface area contributed by atoms with Crippen LogP contribution in [0, 0.1) is 19.3 Å². The maximum atomic E-state index is 15.0. The molecule has 7 nitrogen and oxygen atoms in total. The lowest BCUT2D eigenvalue weighted by Gasteiger charge is -2.43. The van der Waals surface area contributed by atoms with E-state index in [0.717, 1.165) is 6.42 Å². The van der Waals surface area contributed by atoms with Gasteiger partial charge in [-0.05, 0) is 89.0 Å². The molecule has 2 amide bonds. The van der Waals surface area contributed by atoms with Gasteiger partial charge in [0.25, 0.3) is 17.6 Å². The van der Waals surface area contributed by atoms with Gasteiger partial charge in [-0.3, -0.25) is 14.5 Å². The maximum absolute atomic E-state index is 15.0. The number of thiocarbonyl (C=S) groups is 1. The second-order valence-corrected chi connectivity index (χ2v) is 9.82. The first-order chi connectivity index (χ1) is 15.5. The van der Waals surface area contributed by atoms with Gasteiger partial charge in [-0.2, -0.15) is 0 Å². The molecule has 33 heavy (non-hydrogen) atoms. The number of anilines is 2. The van der Waals surface area contributed by atoms with Crippen LogP contribution in [0.25, 0.3) is 4.85 Å². The summed E-state index contributed by atoms with van der Waals surface area (Å²) in [5.74, 6) is -1.12. The van der Waals surface area contributed by atoms with E-state index in [-0.39, 0.29) is 22.4 Å². The highest BCUT2D eigenvalue weighted by Gasteiger charge is 2.59. The van der Waals surface area contributed by atoms with Crippen LogP contribution in [0.3, 0.4) is 0 Å². The molecule has 0 atom stereocenters. The zero-order chi connectivity index (χ0) is 24.1. The van der Waals surface area contributed by atoms with E-state index in [1.807, 2.05) is 20.8 Å². The number of aryl methyl sites for hydroxylation is 1. The Hall–Kier alpha value is -3.38. The molecule has 0 unspecified atom stereocenters. The predicted octanol–water partition coefficient (Wildman–Crippen LogP) is 4.67. The predicted molar refractivity (Wildman–Crippen MR) is 128 cm³/mol. The van der Waals surface area contributed by atoms with Gasteiger partial charge in [0.1, 0.15) is 17.6 Å². The quantitative estimate of drug-likeness (QED) is 0.527. The molecular weight excluding hydrogens is 441 g/mol. The van der Waals surface area contributed by atoms with Crippen molar-refractivity contribution in [3.63, 3.8) is 0 Å². The zero-order valence-corrected chi connectivity index (χ0v) is 19.7. The number of halogens is 1. The normalized spacial score (nSPS) is 17.2. The van der Waals surface area contributed by atoms with Crippen molar-refractivity contribution >= 4 is 46.3 Å². The summed E-state index contributed by atoms with van der Waals surface area (Å²) in [5.41, 5.74) is 0.0774. The van der Waals surface area contributed by atoms with E-state index in [1.165, 1.54) is 23.2 Å². The van der Waals surface area contributed by atoms with E-state index in [4.69, 9.17) is 18.8 Å². The van der Waals surface area contributed by atoms with E-state index in [9.17, 15) is 9.59 Å². The summed E-state index contributed by atoms with van der Waals surface area (Å²) in [4.78, 5) is 36.6. The third kappa shape index (κ3) is 3.74. The summed E-state index contributed by atoms with van der Waals surface area (Å²) < 4.78 is 15.0. The average molecular weight is 466 g/mol. The van der Waals surface area contributed by atoms with Crippen molar-refractivity contribution < 1.29 is 14.0 Å². The van der Waals surface area contributed by atoms with E-state index in [2.05, 4.69) is 15.1 Å². The third-order valence-electron chi connectivity index (χ3n) is 5.94. The molecular formula is C24H24FN5O2S. The average Bonchev–Trinajstić information content (AvgIpc) is 2.93. The van der Waals surface area contributed by atoms with Crippen LogP contribution in [0.1, 0.15) is 56.0 Å². The Morgan fingerprint density at radius 1 is 1.27 bits per heavy atom. The Balaban J connectivity index is 1.72. The second-order valence-electron chi connectivity index (χ2n) is 9.46. The summed E-state index contributed by atoms with van der Waals surface area (Å²) in [6.07, 6.45) is 3.48. The lowest BCUT2D eigenvalue weighted by atomic mass is 9.75. The number of carbonyl (C=O) groups excluding carboxylic acids is 2. The van der Waals surface area contributed by atoms with Crippen LogP contribution in [-0.2, 0) is 4.79 Å². The first kappa shape index (κ1) is 22.8. The van der Waals surface area contributed by atoms with E-state index < -0.39 is 22.8 Å². The SMILES string of the molecule is [C-]#[N+]c1ncc(N2C(=O)C3(CCC3)N(c3ccc(C(=O)NC(C)(C)C)c(F)c3)C2=S)cc1C. The van der Waals surface area contributed by atoms with Gasteiger partial charge in [-0.25, -0.2) is 4.39 Å². The molecule has 2 fully saturated rings. The molecule has 1 N–H and O–H groups in total. The van der Waals surface area contributed by atoms with E-state index >= 15 is 4.39 Å². The standard InChI is InChI=1S/C24H24FN5O2S/c1-14-11-16(13-27-19(14)26-5)29-21(32)24(9-6-10-24)30(22(29)33)15-7-8-17(18(25)12-15)20(31)28-23(2,3)4/h7-8,11-13H,6,9-10H2,1-4H3,(H,28,31). The Morgan fingerprint density at radius 3 is 2.48 bits per heavy atom. The van der Waals surface area contributed by atoms with Crippen molar-refractivity contribution in [2.75, 3.05) is 9.80 Å². The first-order valence-corrected chi connectivity index (χ1v) is 11.0. The molecule has 2 heterocycles. The molecule has 1 saturated carbocycles. The number of hydrogen-bond donors (Lipinski definition) is 1. The fourth-order valence-electron chi connectivity index (χ4n) is 4.24. The number of amides is 2. The fourth-order valence-corrected chi connectivity index (χ4v) is 4.70. The molecule has 1 saturated heterocycles. The number of rotatable bonds is 3. The minimum absolute atomic E-state index is 0.0702. The van der Waals surface area contributed by atoms with Gasteiger partial charge in [-0.15, -0.1) is 4.98 Å². The number of hydrogen-bond acceptors (Lipinski definition) is 4. The first-order valence-electron chi connectivity index (χ1n) is 10.6. The minimum Gasteiger partial charge on any atom is -0.360 e. The van der Waals surface area contributed by atoms with Crippen LogP contribution in [0.2, 0.25) is 0 Å². The second kappa shape index (κ2) is 7.89. The van der Waals surface area contributed by atoms with Crippen LogP contribution in [0.4, 0.5) is 21.6 Å². The van der Waals surface area contributed by atoms with Crippen molar-refractivity contribution in [1.29, 1.82) is 0 Å². The zero-order valence-electron chi connectivity index (χ0n) is 18.9. The van der Waals surface area contributed by atoms with Crippen molar-refractivity contribution in [2.24, 2.45) is 0 Å². The summed E-state index contributed by atoms with van der Waals surface area (Å²) in [5, 5.41) is 2.98. The number of pyridine rings is 1. The third-order valence-corrected chi connectivity index (χ3v) is 6.30. The molecule has 1 aromatic carbocycles. The van der Waals surface area contributed by atoms with Crippen molar-refractivity contribution in [3.05, 3.63) is 58.8 Å². The van der Waals surface area contributed by atoms with Crippen molar-refractivity contribution in [2.45, 2.75) is 58.0 Å². The Labute approximate surface area is 197 Å². The minimum atomic E-state index is -0.884. The molecule has 9 heteroatoms. The highest BCUT2D eigenvalue weighted by molar-refractivity contribution is 7.81. The number of benzene rings is 1. The number of nitrogens with one attached hydrogen (secondary N) is 1. The molecule has 4 rings (SSSR count). The van der Waals surface area contributed by atoms with Crippen LogP contribution >= 0.6 is 12.2 Å². The molecule has 1 spiro atoms. The monoisotopic (exact) mass is 465 g/mol. The smallest absolute Gasteiger partial charge is 0.272 e.